The molecule has 0 fully saturated rings. The van der Waals surface area contributed by atoms with Gasteiger partial charge in [-0.2, -0.15) is 0 Å². The summed E-state index contributed by atoms with van der Waals surface area (Å²) in [5.74, 6) is 0. The van der Waals surface area contributed by atoms with Crippen LogP contribution in [0.3, 0.4) is 0 Å². The van der Waals surface area contributed by atoms with Gasteiger partial charge in [-0.15, -0.1) is 0 Å². The number of hydrogen-bond donors (Lipinski definition) is 0. The van der Waals surface area contributed by atoms with Crippen LogP contribution in [0.5, 0.6) is 0 Å². The maximum absolute atomic E-state index is 2.66. The summed E-state index contributed by atoms with van der Waals surface area (Å²) < 4.78 is 0. The molecule has 2 unspecified atom stereocenters. The van der Waals surface area contributed by atoms with E-state index in [-0.39, 0.29) is 21.7 Å². The first-order valence-corrected chi connectivity index (χ1v) is 16.8. The zero-order chi connectivity index (χ0) is 31.1. The highest BCUT2D eigenvalue weighted by Gasteiger charge is 2.68. The molecule has 222 valence electrons. The van der Waals surface area contributed by atoms with E-state index in [2.05, 4.69) is 161 Å². The molecular formula is C44H36N2. The maximum Gasteiger partial charge on any atom is 0.0586 e. The maximum atomic E-state index is 2.66. The molecule has 0 spiro atoms. The van der Waals surface area contributed by atoms with Gasteiger partial charge in [-0.3, -0.25) is 0 Å². The van der Waals surface area contributed by atoms with Gasteiger partial charge in [0.2, 0.25) is 0 Å². The predicted molar refractivity (Wildman–Crippen MR) is 190 cm³/mol. The van der Waals surface area contributed by atoms with Crippen LogP contribution in [0, 0.1) is 0 Å². The Hall–Kier alpha value is -4.82. The van der Waals surface area contributed by atoms with E-state index in [4.69, 9.17) is 0 Å². The standard InChI is InChI=1S/C44H36N2/c1-41(2)27-17-9-11-23-33(27)45-37-25-15-7-8-16-26(25)38-36-35(37)43(5,31-21-13-19-29(41)39(31)45)44(36,6)32-22-14-20-30-40(32)46(38)34-24-12-10-18-28(34)42(30,3)4/h7-24H,1-6H3. The van der Waals surface area contributed by atoms with Crippen molar-refractivity contribution in [3.8, 4) is 0 Å². The third-order valence-corrected chi connectivity index (χ3v) is 13.2. The van der Waals surface area contributed by atoms with Gasteiger partial charge in [0.15, 0.2) is 0 Å². The number of nitrogens with zero attached hydrogens (tertiary/aromatic N) is 2. The van der Waals surface area contributed by atoms with Gasteiger partial charge in [-0.05, 0) is 56.6 Å². The van der Waals surface area contributed by atoms with E-state index in [1.165, 1.54) is 89.4 Å². The zero-order valence-electron chi connectivity index (χ0n) is 27.3. The lowest BCUT2D eigenvalue weighted by Crippen LogP contribution is -2.61. The van der Waals surface area contributed by atoms with Crippen molar-refractivity contribution in [3.05, 3.63) is 154 Å². The quantitative estimate of drug-likeness (QED) is 0.173. The lowest BCUT2D eigenvalue weighted by atomic mass is 9.40. The van der Waals surface area contributed by atoms with Crippen molar-refractivity contribution in [2.45, 2.75) is 63.2 Å². The molecule has 6 aromatic carbocycles. The molecule has 5 aliphatic rings. The summed E-state index contributed by atoms with van der Waals surface area (Å²) in [6.07, 6.45) is 0. The molecule has 0 saturated carbocycles. The van der Waals surface area contributed by atoms with Crippen molar-refractivity contribution >= 4 is 44.9 Å². The number of hydrogen-bond acceptors (Lipinski definition) is 2. The summed E-state index contributed by atoms with van der Waals surface area (Å²) in [5, 5.41) is 2.67. The summed E-state index contributed by atoms with van der Waals surface area (Å²) in [4.78, 5) is 5.31. The van der Waals surface area contributed by atoms with E-state index in [1.807, 2.05) is 0 Å². The van der Waals surface area contributed by atoms with Crippen molar-refractivity contribution in [1.29, 1.82) is 0 Å². The first-order valence-electron chi connectivity index (χ1n) is 16.8. The molecule has 2 nitrogen and oxygen atoms in total. The summed E-state index contributed by atoms with van der Waals surface area (Å²) >= 11 is 0. The smallest absolute Gasteiger partial charge is 0.0586 e. The van der Waals surface area contributed by atoms with E-state index in [1.54, 1.807) is 0 Å². The Morgan fingerprint density at radius 1 is 0.348 bits per heavy atom. The predicted octanol–water partition coefficient (Wildman–Crippen LogP) is 11.3. The summed E-state index contributed by atoms with van der Waals surface area (Å²) in [6, 6.07) is 41.8. The van der Waals surface area contributed by atoms with E-state index >= 15 is 0 Å². The first kappa shape index (κ1) is 25.4. The molecule has 0 saturated heterocycles. The highest BCUT2D eigenvalue weighted by atomic mass is 15.2. The fourth-order valence-corrected chi connectivity index (χ4v) is 10.9. The van der Waals surface area contributed by atoms with Crippen molar-refractivity contribution in [3.63, 3.8) is 0 Å². The molecule has 0 bridgehead atoms. The number of fused-ring (bicyclic) bond motifs is 12. The molecule has 11 rings (SSSR count). The van der Waals surface area contributed by atoms with Crippen LogP contribution in [0.4, 0.5) is 34.1 Å². The van der Waals surface area contributed by atoms with Gasteiger partial charge in [-0.25, -0.2) is 0 Å². The minimum absolute atomic E-state index is 0.113. The lowest BCUT2D eigenvalue weighted by molar-refractivity contribution is 0.292. The Labute approximate surface area is 270 Å². The molecule has 4 heterocycles. The second-order valence-corrected chi connectivity index (χ2v) is 15.6. The topological polar surface area (TPSA) is 6.48 Å². The molecule has 1 aliphatic carbocycles. The van der Waals surface area contributed by atoms with Crippen molar-refractivity contribution in [2.75, 3.05) is 9.80 Å². The number of para-hydroxylation sites is 4. The molecule has 6 aromatic rings. The average molecular weight is 593 g/mol. The van der Waals surface area contributed by atoms with Crippen LogP contribution in [-0.2, 0) is 21.7 Å². The van der Waals surface area contributed by atoms with Gasteiger partial charge < -0.3 is 9.80 Å². The number of rotatable bonds is 0. The molecule has 0 amide bonds. The third-order valence-electron chi connectivity index (χ3n) is 13.2. The molecule has 2 heteroatoms. The molecule has 2 atom stereocenters. The van der Waals surface area contributed by atoms with Crippen LogP contribution in [0.25, 0.3) is 10.8 Å². The highest BCUT2D eigenvalue weighted by Crippen LogP contribution is 2.78. The third kappa shape index (κ3) is 2.31. The van der Waals surface area contributed by atoms with Gasteiger partial charge in [0.1, 0.15) is 0 Å². The largest absolute Gasteiger partial charge is 0.309 e. The van der Waals surface area contributed by atoms with Gasteiger partial charge in [0.25, 0.3) is 0 Å². The fourth-order valence-electron chi connectivity index (χ4n) is 10.9. The molecule has 0 aromatic heterocycles. The minimum Gasteiger partial charge on any atom is -0.309 e. The number of benzene rings is 6. The SMILES string of the molecule is CC1(C)c2ccccc2N2c3c1cccc3C1(C)c3c4c(c5ccccc5c32)N2c3ccccc3C(C)(C)c3cccc(c32)C41C. The van der Waals surface area contributed by atoms with Crippen LogP contribution in [0.2, 0.25) is 0 Å². The molecular weight excluding hydrogens is 556 g/mol. The Kier molecular flexibility index (Phi) is 4.09. The molecule has 0 radical (unpaired) electrons. The fraction of sp³-hybridized carbons (Fsp3) is 0.227. The Morgan fingerprint density at radius 3 is 1.13 bits per heavy atom. The lowest BCUT2D eigenvalue weighted by Gasteiger charge is -2.67. The average Bonchev–Trinajstić information content (AvgIpc) is 3.07. The molecule has 46 heavy (non-hydrogen) atoms. The summed E-state index contributed by atoms with van der Waals surface area (Å²) in [6.45, 7) is 14.8. The second kappa shape index (κ2) is 7.42. The van der Waals surface area contributed by atoms with E-state index in [9.17, 15) is 0 Å². The van der Waals surface area contributed by atoms with Gasteiger partial charge in [0, 0.05) is 32.4 Å². The van der Waals surface area contributed by atoms with Gasteiger partial charge in [-0.1, -0.05) is 139 Å². The Morgan fingerprint density at radius 2 is 0.696 bits per heavy atom. The molecule has 4 aliphatic heterocycles. The molecule has 0 N–H and O–H groups in total. The van der Waals surface area contributed by atoms with Crippen molar-refractivity contribution < 1.29 is 0 Å². The zero-order valence-corrected chi connectivity index (χ0v) is 27.3. The summed E-state index contributed by atoms with van der Waals surface area (Å²) in [5.41, 5.74) is 19.1. The van der Waals surface area contributed by atoms with Crippen molar-refractivity contribution in [2.24, 2.45) is 0 Å². The van der Waals surface area contributed by atoms with Crippen LogP contribution < -0.4 is 9.80 Å². The Balaban J connectivity index is 1.39. The Bertz CT molecular complexity index is 2260. The minimum atomic E-state index is -0.205. The highest BCUT2D eigenvalue weighted by molar-refractivity contribution is 6.17. The monoisotopic (exact) mass is 592 g/mol. The van der Waals surface area contributed by atoms with Crippen LogP contribution >= 0.6 is 0 Å². The summed E-state index contributed by atoms with van der Waals surface area (Å²) in [7, 11) is 0. The van der Waals surface area contributed by atoms with E-state index in [0.717, 1.165) is 0 Å². The number of anilines is 6. The van der Waals surface area contributed by atoms with Crippen LogP contribution in [0.1, 0.15) is 86.1 Å². The van der Waals surface area contributed by atoms with Gasteiger partial charge >= 0.3 is 0 Å². The van der Waals surface area contributed by atoms with Crippen LogP contribution in [-0.4, -0.2) is 0 Å². The van der Waals surface area contributed by atoms with E-state index in [0.29, 0.717) is 0 Å². The second-order valence-electron chi connectivity index (χ2n) is 15.6. The van der Waals surface area contributed by atoms with Gasteiger partial charge in [0.05, 0.1) is 34.1 Å². The normalized spacial score (nSPS) is 23.9. The van der Waals surface area contributed by atoms with Crippen molar-refractivity contribution in [1.82, 2.24) is 0 Å². The van der Waals surface area contributed by atoms with E-state index < -0.39 is 0 Å². The first-order chi connectivity index (χ1) is 22.1. The van der Waals surface area contributed by atoms with Crippen LogP contribution in [0.15, 0.2) is 109 Å².